The van der Waals surface area contributed by atoms with Gasteiger partial charge >= 0.3 is 17.9 Å². The van der Waals surface area contributed by atoms with Crippen molar-refractivity contribution in [2.45, 2.75) is 243 Å². The van der Waals surface area contributed by atoms with Crippen LogP contribution in [0.1, 0.15) is 170 Å². The Bertz CT molecular complexity index is 4230. The van der Waals surface area contributed by atoms with Crippen LogP contribution in [0.2, 0.25) is 0 Å². The largest absolute Gasteiger partial charge is 0.481 e. The van der Waals surface area contributed by atoms with Crippen LogP contribution in [0.3, 0.4) is 0 Å². The molecule has 1 aromatic carbocycles. The maximum Gasteiger partial charge on any atom is 0.326 e. The number of amides is 17. The van der Waals surface area contributed by atoms with Crippen LogP contribution in [0, 0.1) is 34.5 Å². The van der Waals surface area contributed by atoms with Gasteiger partial charge in [0.05, 0.1) is 25.9 Å². The predicted octanol–water partition coefficient (Wildman–Crippen LogP) is -6.49. The molecule has 2 aliphatic heterocycles. The van der Waals surface area contributed by atoms with Gasteiger partial charge in [-0.15, -0.1) is 0 Å². The molecule has 47 heteroatoms. The molecule has 0 bridgehead atoms. The van der Waals surface area contributed by atoms with Crippen LogP contribution in [0.5, 0.6) is 0 Å². The monoisotopic (exact) mass is 1760 g/mol. The number of nitrogens with one attached hydrogen (secondary N) is 17. The Labute approximate surface area is 720 Å². The van der Waals surface area contributed by atoms with Gasteiger partial charge in [0.25, 0.3) is 0 Å². The van der Waals surface area contributed by atoms with Crippen molar-refractivity contribution in [3.8, 4) is 0 Å². The summed E-state index contributed by atoms with van der Waals surface area (Å²) in [6.07, 6.45) is -3.30. The van der Waals surface area contributed by atoms with Gasteiger partial charge in [0.15, 0.2) is 11.9 Å². The number of likely N-dealkylation sites (tertiary alicyclic amines) is 2. The summed E-state index contributed by atoms with van der Waals surface area (Å²) in [5.74, 6) is -24.0. The number of nitrogens with zero attached hydrogens (tertiary/aromatic N) is 2. The van der Waals surface area contributed by atoms with Crippen LogP contribution in [0.15, 0.2) is 30.5 Å². The molecule has 13 atom stereocenters. The number of carbonyl (C=O) groups excluding carboxylic acids is 17. The van der Waals surface area contributed by atoms with E-state index in [2.05, 4.69) is 79.4 Å². The van der Waals surface area contributed by atoms with Crippen LogP contribution in [-0.4, -0.2) is 272 Å². The lowest BCUT2D eigenvalue weighted by Gasteiger charge is -2.31. The number of guanidine groups is 2. The van der Waals surface area contributed by atoms with Gasteiger partial charge in [0, 0.05) is 74.9 Å². The zero-order chi connectivity index (χ0) is 93.6. The highest BCUT2D eigenvalue weighted by Crippen LogP contribution is 2.24. The van der Waals surface area contributed by atoms with Gasteiger partial charge in [-0.25, -0.2) is 4.79 Å². The second-order valence-corrected chi connectivity index (χ2v) is 31.9. The summed E-state index contributed by atoms with van der Waals surface area (Å²) in [5, 5.41) is 79.3. The van der Waals surface area contributed by atoms with Gasteiger partial charge < -0.3 is 133 Å². The standard InChI is InChI=1S/C78H122N24O23/c1-38(2)30-49(65(113)89-36-59(106)100-63(40(5)6)75(123)102-29-13-19-55(102)74(122)94-45(16-10-26-86-77(82)83)66(114)91-48(22-24-57(80)104)69(117)99-53(76(124)125)31-39(3)4)95-70(118)50(32-42-35-88-44-15-9-8-14-43(42)44)96-72(120)52(34-62(110)111)98-68(116)47(21-23-56(79)103)92-71(119)51(33-58(81)105)97-67(115)46(17-11-27-87-78(84)85)93-73(121)54-18-12-28-101(54)60(107)37-90-64(112)41(7)20-25-61(108)109/h8-9,14-15,35,38-41,45-55,63,88H,10-13,16-34,36-37H2,1-7H3,(H2,79,103)(H2,80,104)(H2,81,105)(H,89,113)(H,90,112)(H,91,114)(H,92,119)(H,93,121)(H,94,122)(H,95,118)(H,96,120)(H,97,115)(H,98,116)(H,99,117)(H,100,106)(H,108,109)(H,110,111)(H,124,125)(H4,82,83,86)(H4,84,85,87)/t41-,45?,46-,47-,48-,49-,50-,51-,52-,53-,54-,55-,63-/m0/s1. The van der Waals surface area contributed by atoms with Crippen molar-refractivity contribution >= 4 is 141 Å². The molecule has 2 aliphatic rings. The second kappa shape index (κ2) is 51.6. The number of para-hydroxylation sites is 1. The molecule has 2 aromatic rings. The molecule has 0 radical (unpaired) electrons. The third-order valence-corrected chi connectivity index (χ3v) is 20.3. The maximum absolute atomic E-state index is 14.9. The highest BCUT2D eigenvalue weighted by molar-refractivity contribution is 6.02. The van der Waals surface area contributed by atoms with E-state index >= 15 is 0 Å². The number of benzene rings is 1. The smallest absolute Gasteiger partial charge is 0.326 e. The topological polar surface area (TPSA) is 771 Å². The Balaban J connectivity index is 1.58. The predicted molar refractivity (Wildman–Crippen MR) is 445 cm³/mol. The summed E-state index contributed by atoms with van der Waals surface area (Å²) < 4.78 is 0. The van der Waals surface area contributed by atoms with Gasteiger partial charge in [0.1, 0.15) is 72.5 Å². The summed E-state index contributed by atoms with van der Waals surface area (Å²) in [6, 6.07) is -12.4. The van der Waals surface area contributed by atoms with Crippen molar-refractivity contribution in [1.82, 2.24) is 89.2 Å². The Hall–Kier alpha value is -13.3. The number of carboxylic acids is 3. The molecule has 3 heterocycles. The summed E-state index contributed by atoms with van der Waals surface area (Å²) in [6.45, 7) is 10.1. The lowest BCUT2D eigenvalue weighted by Crippen LogP contribution is -2.61. The van der Waals surface area contributed by atoms with Crippen LogP contribution >= 0.6 is 0 Å². The number of hydrogen-bond acceptors (Lipinski definition) is 22. The number of aromatic amines is 1. The maximum atomic E-state index is 14.9. The first-order valence-corrected chi connectivity index (χ1v) is 41.2. The number of hydrogen-bond donors (Lipinski definition) is 25. The van der Waals surface area contributed by atoms with Crippen LogP contribution in [0.4, 0.5) is 0 Å². The van der Waals surface area contributed by atoms with E-state index in [0.29, 0.717) is 22.9 Å². The zero-order valence-electron chi connectivity index (χ0n) is 71.1. The van der Waals surface area contributed by atoms with Crippen molar-refractivity contribution in [3.05, 3.63) is 36.0 Å². The molecule has 4 rings (SSSR count). The minimum atomic E-state index is -2.15. The first-order valence-electron chi connectivity index (χ1n) is 41.2. The molecule has 1 aromatic heterocycles. The molecule has 2 saturated heterocycles. The fourth-order valence-electron chi connectivity index (χ4n) is 13.8. The number of carbonyl (C=O) groups is 20. The fraction of sp³-hybridized carbons (Fsp3) is 0.615. The van der Waals surface area contributed by atoms with E-state index in [9.17, 15) is 106 Å². The quantitative estimate of drug-likeness (QED) is 0.0166. The van der Waals surface area contributed by atoms with E-state index < -0.39 is 266 Å². The average molecular weight is 1760 g/mol. The lowest BCUT2D eigenvalue weighted by atomic mass is 10.00. The summed E-state index contributed by atoms with van der Waals surface area (Å²) in [4.78, 5) is 276. The number of fused-ring (bicyclic) bond motifs is 1. The van der Waals surface area contributed by atoms with Crippen LogP contribution in [-0.2, 0) is 102 Å². The number of nitrogens with two attached hydrogens (primary N) is 5. The summed E-state index contributed by atoms with van der Waals surface area (Å²) in [5.41, 5.74) is 28.3. The van der Waals surface area contributed by atoms with Crippen molar-refractivity contribution in [3.63, 3.8) is 0 Å². The van der Waals surface area contributed by atoms with Crippen LogP contribution < -0.4 is 103 Å². The first-order chi connectivity index (χ1) is 58.8. The molecule has 30 N–H and O–H groups in total. The van der Waals surface area contributed by atoms with Crippen molar-refractivity contribution in [2.24, 2.45) is 52.3 Å². The highest BCUT2D eigenvalue weighted by Gasteiger charge is 2.43. The van der Waals surface area contributed by atoms with E-state index in [-0.39, 0.29) is 115 Å². The van der Waals surface area contributed by atoms with E-state index in [4.69, 9.17) is 44.6 Å². The van der Waals surface area contributed by atoms with E-state index in [0.717, 1.165) is 4.90 Å². The third kappa shape index (κ3) is 36.3. The minimum absolute atomic E-state index is 0.00312. The highest BCUT2D eigenvalue weighted by atomic mass is 16.4. The molecule has 2 fully saturated rings. The molecule has 1 unspecified atom stereocenters. The normalized spacial score (nSPS) is 16.2. The molecule has 0 saturated carbocycles. The van der Waals surface area contributed by atoms with Gasteiger partial charge in [0.2, 0.25) is 100 Å². The third-order valence-electron chi connectivity index (χ3n) is 20.3. The number of aromatic nitrogens is 1. The van der Waals surface area contributed by atoms with Gasteiger partial charge in [-0.2, -0.15) is 0 Å². The Morgan fingerprint density at radius 2 is 0.880 bits per heavy atom. The number of rotatable bonds is 55. The second-order valence-electron chi connectivity index (χ2n) is 31.9. The Morgan fingerprint density at radius 3 is 1.35 bits per heavy atom. The molecule has 692 valence electrons. The molecule has 47 nitrogen and oxygen atoms in total. The Morgan fingerprint density at radius 1 is 0.448 bits per heavy atom. The fourth-order valence-corrected chi connectivity index (χ4v) is 13.8. The van der Waals surface area contributed by atoms with Crippen molar-refractivity contribution < 1.29 is 111 Å². The lowest BCUT2D eigenvalue weighted by molar-refractivity contribution is -0.143. The molecule has 0 aliphatic carbocycles. The number of carboxylic acid groups (broad SMARTS) is 3. The van der Waals surface area contributed by atoms with Crippen molar-refractivity contribution in [2.75, 3.05) is 39.3 Å². The van der Waals surface area contributed by atoms with Crippen molar-refractivity contribution in [1.29, 1.82) is 10.8 Å². The number of primary amides is 3. The van der Waals surface area contributed by atoms with Gasteiger partial charge in [-0.1, -0.05) is 66.7 Å². The SMILES string of the molecule is CC(C)C[C@H](NC(=O)[C@H](CCC(N)=O)NC(=O)C(CCCNC(=N)N)NC(=O)[C@@H]1CCCN1C(=O)[C@@H](NC(=O)CNC(=O)[C@H](CC(C)C)NC(=O)[C@H](Cc1c[nH]c2ccccc12)NC(=O)[C@H](CC(=O)O)NC(=O)[C@H](CCC(N)=O)NC(=O)[C@H](CC(N)=O)NC(=O)[C@H](CCCNC(=N)N)NC(=O)[C@@H]1CCCN1C(=O)CNC(=O)[C@@H](C)CCC(=O)O)C(C)C)C(=O)O. The Kier molecular flexibility index (Phi) is 42.9. The molecule has 125 heavy (non-hydrogen) atoms. The van der Waals surface area contributed by atoms with E-state index in [1.165, 1.54) is 18.0 Å². The molecular weight excluding hydrogens is 1640 g/mol. The number of H-pyrrole nitrogens is 1. The van der Waals surface area contributed by atoms with E-state index in [1.54, 1.807) is 65.8 Å². The summed E-state index contributed by atoms with van der Waals surface area (Å²) in [7, 11) is 0. The average Bonchev–Trinajstić information content (AvgIpc) is 1.72. The molecule has 17 amide bonds. The van der Waals surface area contributed by atoms with E-state index in [1.807, 2.05) is 0 Å². The van der Waals surface area contributed by atoms with Crippen LogP contribution in [0.25, 0.3) is 10.9 Å². The first kappa shape index (κ1) is 104. The van der Waals surface area contributed by atoms with Gasteiger partial charge in [-0.3, -0.25) is 102 Å². The summed E-state index contributed by atoms with van der Waals surface area (Å²) >= 11 is 0. The molecule has 0 spiro atoms. The number of aliphatic carboxylic acids is 3. The minimum Gasteiger partial charge on any atom is -0.481 e. The van der Waals surface area contributed by atoms with Gasteiger partial charge in [-0.05, 0) is 113 Å². The molecular formula is C78H122N24O23. The zero-order valence-corrected chi connectivity index (χ0v) is 71.1.